The number of imidazole rings is 1. The Balaban J connectivity index is 1.45. The van der Waals surface area contributed by atoms with Crippen molar-refractivity contribution in [3.05, 3.63) is 50.8 Å². The fourth-order valence-electron chi connectivity index (χ4n) is 4.41. The molecule has 0 aromatic carbocycles. The van der Waals surface area contributed by atoms with E-state index in [0.717, 1.165) is 69.3 Å². The third kappa shape index (κ3) is 3.40. The first kappa shape index (κ1) is 17.3. The average molecular weight is 357 g/mol. The van der Waals surface area contributed by atoms with Crippen molar-refractivity contribution in [1.82, 2.24) is 24.4 Å². The molecule has 26 heavy (non-hydrogen) atoms. The fourth-order valence-corrected chi connectivity index (χ4v) is 4.41. The number of nitrogens with zero attached hydrogens (tertiary/aromatic N) is 3. The maximum Gasteiger partial charge on any atom is 0.328 e. The third-order valence-corrected chi connectivity index (χ3v) is 5.78. The molecule has 2 aliphatic rings. The second-order valence-corrected chi connectivity index (χ2v) is 7.49. The number of nitrogens with one attached hydrogen (secondary N) is 2. The molecule has 0 spiro atoms. The van der Waals surface area contributed by atoms with Gasteiger partial charge in [-0.15, -0.1) is 0 Å². The first-order chi connectivity index (χ1) is 12.7. The molecule has 140 valence electrons. The van der Waals surface area contributed by atoms with E-state index in [1.54, 1.807) is 6.20 Å². The van der Waals surface area contributed by atoms with Crippen LogP contribution in [0.2, 0.25) is 0 Å². The van der Waals surface area contributed by atoms with E-state index in [4.69, 9.17) is 0 Å². The van der Waals surface area contributed by atoms with Crippen LogP contribution in [0.4, 0.5) is 0 Å². The molecule has 1 atom stereocenters. The lowest BCUT2D eigenvalue weighted by atomic mass is 9.95. The van der Waals surface area contributed by atoms with Gasteiger partial charge in [0.05, 0.1) is 6.33 Å². The van der Waals surface area contributed by atoms with Gasteiger partial charge in [-0.1, -0.05) is 19.3 Å². The lowest BCUT2D eigenvalue weighted by molar-refractivity contribution is 0.334. The second kappa shape index (κ2) is 7.61. The van der Waals surface area contributed by atoms with E-state index in [2.05, 4.69) is 19.9 Å². The predicted molar refractivity (Wildman–Crippen MR) is 99.4 cm³/mol. The first-order valence-corrected chi connectivity index (χ1v) is 9.81. The Hall–Kier alpha value is -2.15. The highest BCUT2D eigenvalue weighted by Crippen LogP contribution is 2.29. The predicted octanol–water partition coefficient (Wildman–Crippen LogP) is 1.91. The van der Waals surface area contributed by atoms with Gasteiger partial charge in [0.1, 0.15) is 0 Å². The topological polar surface area (TPSA) is 84.7 Å². The summed E-state index contributed by atoms with van der Waals surface area (Å²) in [5, 5.41) is 3.50. The van der Waals surface area contributed by atoms with Gasteiger partial charge in [-0.05, 0) is 38.6 Å². The quantitative estimate of drug-likeness (QED) is 0.774. The molecule has 0 aliphatic heterocycles. The molecule has 2 N–H and O–H groups in total. The molecule has 1 saturated carbocycles. The Labute approximate surface area is 152 Å². The van der Waals surface area contributed by atoms with Crippen LogP contribution < -0.4 is 16.6 Å². The molecule has 7 heteroatoms. The van der Waals surface area contributed by atoms with Gasteiger partial charge in [0.15, 0.2) is 0 Å². The first-order valence-electron chi connectivity index (χ1n) is 9.81. The van der Waals surface area contributed by atoms with Crippen LogP contribution in [0, 0.1) is 0 Å². The van der Waals surface area contributed by atoms with Crippen LogP contribution in [0.5, 0.6) is 0 Å². The number of fused-ring (bicyclic) bond motifs is 1. The molecule has 0 bridgehead atoms. The molecule has 2 heterocycles. The van der Waals surface area contributed by atoms with E-state index < -0.39 is 0 Å². The highest BCUT2D eigenvalue weighted by molar-refractivity contribution is 5.26. The van der Waals surface area contributed by atoms with Crippen molar-refractivity contribution in [3.8, 4) is 0 Å². The molecule has 2 aliphatic carbocycles. The summed E-state index contributed by atoms with van der Waals surface area (Å²) < 4.78 is 3.55. The third-order valence-electron chi connectivity index (χ3n) is 5.78. The van der Waals surface area contributed by atoms with E-state index >= 15 is 0 Å². The molecule has 4 rings (SSSR count). The van der Waals surface area contributed by atoms with Crippen molar-refractivity contribution in [2.75, 3.05) is 6.54 Å². The SMILES string of the molecule is O=c1[nH]c2c(c(=O)n1C1CCCCC1)CC[C@@H]2NCCCn1ccnc1. The maximum absolute atomic E-state index is 12.9. The van der Waals surface area contributed by atoms with Crippen LogP contribution in [0.15, 0.2) is 28.3 Å². The molecule has 0 unspecified atom stereocenters. The van der Waals surface area contributed by atoms with Crippen molar-refractivity contribution in [3.63, 3.8) is 0 Å². The molecule has 7 nitrogen and oxygen atoms in total. The number of aryl methyl sites for hydroxylation is 1. The van der Waals surface area contributed by atoms with Gasteiger partial charge in [0.2, 0.25) is 0 Å². The number of H-pyrrole nitrogens is 1. The van der Waals surface area contributed by atoms with E-state index in [9.17, 15) is 9.59 Å². The van der Waals surface area contributed by atoms with E-state index in [-0.39, 0.29) is 23.3 Å². The molecular formula is C19H27N5O2. The van der Waals surface area contributed by atoms with Crippen LogP contribution in [0.3, 0.4) is 0 Å². The minimum atomic E-state index is -0.229. The van der Waals surface area contributed by atoms with Crippen molar-refractivity contribution in [1.29, 1.82) is 0 Å². The number of aromatic amines is 1. The normalized spacial score (nSPS) is 20.4. The average Bonchev–Trinajstić information content (AvgIpc) is 3.30. The summed E-state index contributed by atoms with van der Waals surface area (Å²) in [5.74, 6) is 0. The van der Waals surface area contributed by atoms with Gasteiger partial charge in [-0.3, -0.25) is 9.36 Å². The zero-order valence-corrected chi connectivity index (χ0v) is 15.1. The van der Waals surface area contributed by atoms with E-state index in [0.29, 0.717) is 0 Å². The van der Waals surface area contributed by atoms with Crippen LogP contribution >= 0.6 is 0 Å². The molecule has 1 fully saturated rings. The van der Waals surface area contributed by atoms with Crippen LogP contribution in [0.1, 0.15) is 68.3 Å². The van der Waals surface area contributed by atoms with E-state index in [1.807, 2.05) is 12.5 Å². The number of rotatable bonds is 6. The minimum absolute atomic E-state index is 0.0571. The van der Waals surface area contributed by atoms with Crippen molar-refractivity contribution >= 4 is 0 Å². The second-order valence-electron chi connectivity index (χ2n) is 7.49. The Bertz CT molecular complexity index is 846. The Morgan fingerprint density at radius 3 is 2.81 bits per heavy atom. The Kier molecular flexibility index (Phi) is 5.06. The standard InChI is InChI=1S/C19H27N5O2/c25-18-15-7-8-16(21-9-4-11-23-12-10-20-13-23)17(15)22-19(26)24(18)14-5-2-1-3-6-14/h10,12-14,16,21H,1-9,11H2,(H,22,26)/t16-/m0/s1. The lowest BCUT2D eigenvalue weighted by Crippen LogP contribution is -2.41. The van der Waals surface area contributed by atoms with Crippen molar-refractivity contribution in [2.24, 2.45) is 0 Å². The summed E-state index contributed by atoms with van der Waals surface area (Å²) in [6, 6.07) is 0.154. The fraction of sp³-hybridized carbons (Fsp3) is 0.632. The van der Waals surface area contributed by atoms with Crippen LogP contribution in [0.25, 0.3) is 0 Å². The van der Waals surface area contributed by atoms with Gasteiger partial charge >= 0.3 is 5.69 Å². The minimum Gasteiger partial charge on any atom is -0.337 e. The highest BCUT2D eigenvalue weighted by Gasteiger charge is 2.29. The Morgan fingerprint density at radius 2 is 2.04 bits per heavy atom. The summed E-state index contributed by atoms with van der Waals surface area (Å²) >= 11 is 0. The lowest BCUT2D eigenvalue weighted by Gasteiger charge is -2.23. The monoisotopic (exact) mass is 357 g/mol. The highest BCUT2D eigenvalue weighted by atomic mass is 16.2. The molecular weight excluding hydrogens is 330 g/mol. The number of aromatic nitrogens is 4. The summed E-state index contributed by atoms with van der Waals surface area (Å²) in [6.07, 6.45) is 13.5. The zero-order valence-electron chi connectivity index (χ0n) is 15.1. The molecule has 0 saturated heterocycles. The summed E-state index contributed by atoms with van der Waals surface area (Å²) in [5.41, 5.74) is 1.34. The van der Waals surface area contributed by atoms with Gasteiger partial charge in [0, 0.05) is 42.3 Å². The van der Waals surface area contributed by atoms with Gasteiger partial charge in [0.25, 0.3) is 5.56 Å². The zero-order chi connectivity index (χ0) is 17.9. The Morgan fingerprint density at radius 1 is 1.19 bits per heavy atom. The van der Waals surface area contributed by atoms with Gasteiger partial charge < -0.3 is 14.9 Å². The summed E-state index contributed by atoms with van der Waals surface area (Å²) in [6.45, 7) is 1.75. The maximum atomic E-state index is 12.9. The van der Waals surface area contributed by atoms with Crippen LogP contribution in [-0.4, -0.2) is 25.6 Å². The molecule has 2 aromatic heterocycles. The van der Waals surface area contributed by atoms with Gasteiger partial charge in [-0.25, -0.2) is 9.78 Å². The summed E-state index contributed by atoms with van der Waals surface area (Å²) in [7, 11) is 0. The largest absolute Gasteiger partial charge is 0.337 e. The molecule has 2 aromatic rings. The molecule has 0 amide bonds. The van der Waals surface area contributed by atoms with E-state index in [1.165, 1.54) is 11.0 Å². The van der Waals surface area contributed by atoms with Crippen molar-refractivity contribution < 1.29 is 0 Å². The van der Waals surface area contributed by atoms with Crippen LogP contribution in [-0.2, 0) is 13.0 Å². The smallest absolute Gasteiger partial charge is 0.328 e. The molecule has 0 radical (unpaired) electrons. The number of hydrogen-bond acceptors (Lipinski definition) is 4. The summed E-state index contributed by atoms with van der Waals surface area (Å²) in [4.78, 5) is 32.6. The van der Waals surface area contributed by atoms with Crippen molar-refractivity contribution in [2.45, 2.75) is 70.0 Å². The van der Waals surface area contributed by atoms with Gasteiger partial charge in [-0.2, -0.15) is 0 Å². The number of hydrogen-bond donors (Lipinski definition) is 2.